The van der Waals surface area contributed by atoms with Gasteiger partial charge in [0.05, 0.1) is 4.90 Å². The van der Waals surface area contributed by atoms with Crippen molar-refractivity contribution in [2.75, 3.05) is 10.8 Å². The van der Waals surface area contributed by atoms with Crippen molar-refractivity contribution >= 4 is 49.9 Å². The molecule has 1 atom stereocenters. The minimum atomic E-state index is -4.01. The van der Waals surface area contributed by atoms with Crippen molar-refractivity contribution in [3.63, 3.8) is 0 Å². The first-order valence-electron chi connectivity index (χ1n) is 13.1. The van der Waals surface area contributed by atoms with Gasteiger partial charge < -0.3 is 5.32 Å². The fourth-order valence-corrected chi connectivity index (χ4v) is 5.78. The van der Waals surface area contributed by atoms with Gasteiger partial charge in [0.1, 0.15) is 11.9 Å². The molecule has 3 N–H and O–H groups in total. The molecule has 4 rings (SSSR count). The number of hydrogen-bond donors (Lipinski definition) is 2. The van der Waals surface area contributed by atoms with Gasteiger partial charge >= 0.3 is 0 Å². The first-order chi connectivity index (χ1) is 18.4. The molecular weight excluding hydrogens is 536 g/mol. The number of amides is 2. The van der Waals surface area contributed by atoms with Crippen LogP contribution >= 0.6 is 11.6 Å². The van der Waals surface area contributed by atoms with Crippen LogP contribution in [0.4, 0.5) is 5.69 Å². The van der Waals surface area contributed by atoms with Gasteiger partial charge in [0.15, 0.2) is 0 Å². The number of nitrogens with zero attached hydrogens (tertiary/aromatic N) is 2. The van der Waals surface area contributed by atoms with E-state index in [1.807, 2.05) is 12.1 Å². The highest BCUT2D eigenvalue weighted by Crippen LogP contribution is 2.35. The summed E-state index contributed by atoms with van der Waals surface area (Å²) in [6.45, 7) is 6.28. The number of benzene rings is 2. The van der Waals surface area contributed by atoms with Crippen molar-refractivity contribution in [1.29, 1.82) is 0 Å². The van der Waals surface area contributed by atoms with Gasteiger partial charge in [-0.25, -0.2) is 13.6 Å². The van der Waals surface area contributed by atoms with E-state index >= 15 is 0 Å². The van der Waals surface area contributed by atoms with E-state index in [1.54, 1.807) is 24.4 Å². The number of carbonyl (C=O) groups is 2. The summed E-state index contributed by atoms with van der Waals surface area (Å²) in [4.78, 5) is 33.1. The number of carbonyl (C=O) groups excluding carboxylic acids is 2. The van der Waals surface area contributed by atoms with Crippen LogP contribution in [-0.4, -0.2) is 37.1 Å². The fraction of sp³-hybridized carbons (Fsp3) is 0.414. The zero-order chi connectivity index (χ0) is 28.4. The predicted molar refractivity (Wildman–Crippen MR) is 154 cm³/mol. The molecule has 0 spiro atoms. The molecule has 3 aromatic rings. The van der Waals surface area contributed by atoms with Gasteiger partial charge in [-0.3, -0.25) is 19.5 Å². The Hall–Kier alpha value is -3.01. The summed E-state index contributed by atoms with van der Waals surface area (Å²) in [5.74, 6) is -1.20. The van der Waals surface area contributed by atoms with E-state index in [4.69, 9.17) is 16.7 Å². The van der Waals surface area contributed by atoms with Crippen molar-refractivity contribution in [2.45, 2.75) is 75.3 Å². The zero-order valence-corrected chi connectivity index (χ0v) is 24.1. The van der Waals surface area contributed by atoms with Gasteiger partial charge in [-0.2, -0.15) is 0 Å². The number of nitrogens with two attached hydrogens (primary N) is 1. The van der Waals surface area contributed by atoms with E-state index in [0.717, 1.165) is 37.7 Å². The second-order valence-corrected chi connectivity index (χ2v) is 12.9. The number of primary sulfonamides is 1. The number of fused-ring (bicyclic) bond motifs is 1. The Bertz CT molecular complexity index is 1460. The Balaban J connectivity index is 1.91. The predicted octanol–water partition coefficient (Wildman–Crippen LogP) is 4.94. The first kappa shape index (κ1) is 29.0. The summed E-state index contributed by atoms with van der Waals surface area (Å²) < 4.78 is 24.4. The molecule has 0 radical (unpaired) electrons. The topological polar surface area (TPSA) is 122 Å². The second kappa shape index (κ2) is 11.6. The Morgan fingerprint density at radius 2 is 1.74 bits per heavy atom. The lowest BCUT2D eigenvalue weighted by atomic mass is 9.87. The number of hydrogen-bond acceptors (Lipinski definition) is 5. The van der Waals surface area contributed by atoms with Crippen LogP contribution in [0.3, 0.4) is 0 Å². The van der Waals surface area contributed by atoms with Crippen molar-refractivity contribution in [3.8, 4) is 0 Å². The maximum Gasteiger partial charge on any atom is 0.248 e. The minimum absolute atomic E-state index is 0.0205. The van der Waals surface area contributed by atoms with E-state index in [0.29, 0.717) is 22.0 Å². The van der Waals surface area contributed by atoms with Crippen LogP contribution in [0.5, 0.6) is 0 Å². The van der Waals surface area contributed by atoms with Gasteiger partial charge in [0.2, 0.25) is 21.8 Å². The first-order valence-corrected chi connectivity index (χ1v) is 15.2. The molecule has 2 aromatic carbocycles. The molecule has 39 heavy (non-hydrogen) atoms. The molecule has 1 fully saturated rings. The summed E-state index contributed by atoms with van der Waals surface area (Å²) in [7, 11) is -4.01. The Kier molecular flexibility index (Phi) is 8.63. The summed E-state index contributed by atoms with van der Waals surface area (Å²) >= 11 is 6.10. The van der Waals surface area contributed by atoms with E-state index in [-0.39, 0.29) is 28.1 Å². The second-order valence-electron chi connectivity index (χ2n) is 11.1. The monoisotopic (exact) mass is 570 g/mol. The zero-order valence-electron chi connectivity index (χ0n) is 22.5. The third-order valence-corrected chi connectivity index (χ3v) is 8.38. The van der Waals surface area contributed by atoms with Crippen LogP contribution in [0.1, 0.15) is 70.0 Å². The number of rotatable bonds is 7. The molecule has 8 nitrogen and oxygen atoms in total. The lowest BCUT2D eigenvalue weighted by Crippen LogP contribution is -2.47. The number of alkyl halides is 1. The number of pyridine rings is 1. The minimum Gasteiger partial charge on any atom is -0.351 e. The van der Waals surface area contributed by atoms with E-state index in [1.165, 1.54) is 23.2 Å². The van der Waals surface area contributed by atoms with Crippen LogP contribution in [0.2, 0.25) is 0 Å². The highest BCUT2D eigenvalue weighted by atomic mass is 35.5. The van der Waals surface area contributed by atoms with Crippen LogP contribution < -0.4 is 15.4 Å². The van der Waals surface area contributed by atoms with E-state index < -0.39 is 22.0 Å². The molecule has 1 heterocycles. The van der Waals surface area contributed by atoms with Gasteiger partial charge in [0, 0.05) is 35.1 Å². The third kappa shape index (κ3) is 6.59. The average Bonchev–Trinajstić information content (AvgIpc) is 2.90. The highest BCUT2D eigenvalue weighted by molar-refractivity contribution is 7.89. The Morgan fingerprint density at radius 3 is 2.33 bits per heavy atom. The van der Waals surface area contributed by atoms with E-state index in [2.05, 4.69) is 31.1 Å². The van der Waals surface area contributed by atoms with Crippen LogP contribution in [0.15, 0.2) is 59.8 Å². The molecular formula is C29H35ClN4O4S. The quantitative estimate of drug-likeness (QED) is 0.389. The molecule has 10 heteroatoms. The number of nitrogens with one attached hydrogen (secondary N) is 1. The SMILES string of the molecule is CC(C)(C)c1ccc(N(C(=O)CCl)C(C(=O)NC2CCCCC2)c2cncc3ccc(S(N)(=O)=O)cc23)cc1. The van der Waals surface area contributed by atoms with Crippen LogP contribution in [-0.2, 0) is 25.0 Å². The largest absolute Gasteiger partial charge is 0.351 e. The van der Waals surface area contributed by atoms with Crippen LogP contribution in [0, 0.1) is 0 Å². The molecule has 1 aliphatic carbocycles. The van der Waals surface area contributed by atoms with Crippen LogP contribution in [0.25, 0.3) is 10.8 Å². The summed E-state index contributed by atoms with van der Waals surface area (Å²) in [5, 5.41) is 9.63. The molecule has 1 saturated carbocycles. The molecule has 0 bridgehead atoms. The third-order valence-electron chi connectivity index (χ3n) is 7.24. The van der Waals surface area contributed by atoms with Gasteiger partial charge in [-0.1, -0.05) is 58.2 Å². The molecule has 0 saturated heterocycles. The van der Waals surface area contributed by atoms with Gasteiger partial charge in [0.25, 0.3) is 0 Å². The number of anilines is 1. The Morgan fingerprint density at radius 1 is 1.08 bits per heavy atom. The Labute approximate surface area is 235 Å². The summed E-state index contributed by atoms with van der Waals surface area (Å²) in [6, 6.07) is 10.7. The van der Waals surface area contributed by atoms with Crippen molar-refractivity contribution in [3.05, 3.63) is 66.0 Å². The maximum atomic E-state index is 14.1. The molecule has 0 aliphatic heterocycles. The molecule has 208 valence electrons. The van der Waals surface area contributed by atoms with Gasteiger partial charge in [-0.05, 0) is 53.5 Å². The molecule has 1 aromatic heterocycles. The number of halogens is 1. The van der Waals surface area contributed by atoms with Gasteiger partial charge in [-0.15, -0.1) is 11.6 Å². The number of sulfonamides is 1. The summed E-state index contributed by atoms with van der Waals surface area (Å²) in [5.41, 5.74) is 1.83. The highest BCUT2D eigenvalue weighted by Gasteiger charge is 2.35. The fourth-order valence-electron chi connectivity index (χ4n) is 5.11. The molecule has 1 aliphatic rings. The smallest absolute Gasteiger partial charge is 0.248 e. The van der Waals surface area contributed by atoms with E-state index in [9.17, 15) is 18.0 Å². The summed E-state index contributed by atoms with van der Waals surface area (Å²) in [6.07, 6.45) is 7.93. The normalized spacial score (nSPS) is 15.6. The molecule has 1 unspecified atom stereocenters. The number of aromatic nitrogens is 1. The maximum absolute atomic E-state index is 14.1. The standard InChI is InChI=1S/C29H35ClN4O4S/c1-29(2,3)20-10-12-22(13-11-20)34(26(35)16-30)27(28(36)33-21-7-5-4-6-8-21)25-18-32-17-19-9-14-23(15-24(19)25)39(31,37)38/h9-15,17-18,21,27H,4-8,16H2,1-3H3,(H,33,36)(H2,31,37,38). The average molecular weight is 571 g/mol. The van der Waals surface area contributed by atoms with Crippen molar-refractivity contribution < 1.29 is 18.0 Å². The van der Waals surface area contributed by atoms with Crippen molar-refractivity contribution in [2.24, 2.45) is 5.14 Å². The van der Waals surface area contributed by atoms with Crippen molar-refractivity contribution in [1.82, 2.24) is 10.3 Å². The lowest BCUT2D eigenvalue weighted by molar-refractivity contribution is -0.126. The molecule has 2 amide bonds. The lowest BCUT2D eigenvalue weighted by Gasteiger charge is -2.34.